The molecule has 3 aromatic carbocycles. The minimum Gasteiger partial charge on any atom is -0.481 e. The van der Waals surface area contributed by atoms with Crippen molar-refractivity contribution in [2.45, 2.75) is 31.2 Å². The molecule has 0 radical (unpaired) electrons. The van der Waals surface area contributed by atoms with Crippen LogP contribution < -0.4 is 4.74 Å². The Balaban J connectivity index is 1.59. The molecule has 0 aromatic heterocycles. The van der Waals surface area contributed by atoms with Gasteiger partial charge in [-0.3, -0.25) is 9.64 Å². The van der Waals surface area contributed by atoms with Gasteiger partial charge in [0.2, 0.25) is 0 Å². The van der Waals surface area contributed by atoms with E-state index in [9.17, 15) is 9.18 Å². The summed E-state index contributed by atoms with van der Waals surface area (Å²) in [6, 6.07) is 22.6. The van der Waals surface area contributed by atoms with Crippen molar-refractivity contribution in [2.24, 2.45) is 11.8 Å². The summed E-state index contributed by atoms with van der Waals surface area (Å²) in [5, 5.41) is 8.89. The Kier molecular flexibility index (Phi) is 8.42. The highest BCUT2D eigenvalue weighted by atomic mass is 19.1. The lowest BCUT2D eigenvalue weighted by molar-refractivity contribution is -0.142. The van der Waals surface area contributed by atoms with Crippen LogP contribution in [0.1, 0.15) is 47.9 Å². The fourth-order valence-corrected chi connectivity index (χ4v) is 5.35. The average molecular weight is 507 g/mol. The number of ether oxygens (including phenoxy) is 2. The molecule has 0 aliphatic heterocycles. The van der Waals surface area contributed by atoms with Gasteiger partial charge >= 0.3 is 5.97 Å². The van der Waals surface area contributed by atoms with Crippen LogP contribution in [0.5, 0.6) is 5.75 Å². The molecule has 0 saturated heterocycles. The van der Waals surface area contributed by atoms with Gasteiger partial charge in [0.05, 0.1) is 18.7 Å². The molecular weight excluding hydrogens is 479 g/mol. The first-order valence-corrected chi connectivity index (χ1v) is 12.4. The summed E-state index contributed by atoms with van der Waals surface area (Å²) in [5.74, 6) is 5.63. The smallest absolute Gasteiger partial charge is 0.305 e. The molecule has 0 bridgehead atoms. The minimum atomic E-state index is -1.15. The van der Waals surface area contributed by atoms with Gasteiger partial charge in [-0.1, -0.05) is 30.4 Å². The number of halogens is 1. The predicted octanol–water partition coefficient (Wildman–Crippen LogP) is 6.27. The number of nitrogens with zero attached hydrogens (tertiary/aromatic N) is 2. The summed E-state index contributed by atoms with van der Waals surface area (Å²) < 4.78 is 25.1. The van der Waals surface area contributed by atoms with Gasteiger partial charge in [-0.15, -0.1) is 0 Å². The number of hydrogen-bond donors (Lipinski definition) is 0. The second-order valence-corrected chi connectivity index (χ2v) is 9.27. The van der Waals surface area contributed by atoms with Gasteiger partial charge in [0.1, 0.15) is 18.2 Å². The molecule has 0 heterocycles. The van der Waals surface area contributed by atoms with E-state index in [0.29, 0.717) is 16.9 Å². The third kappa shape index (κ3) is 5.69. The van der Waals surface area contributed by atoms with Crippen LogP contribution in [0, 0.1) is 47.4 Å². The van der Waals surface area contributed by atoms with Crippen molar-refractivity contribution < 1.29 is 18.7 Å². The zero-order chi connectivity index (χ0) is 27.0. The molecule has 0 amide bonds. The Labute approximate surface area is 222 Å². The summed E-state index contributed by atoms with van der Waals surface area (Å²) >= 11 is 0. The van der Waals surface area contributed by atoms with Gasteiger partial charge in [-0.25, -0.2) is 11.0 Å². The third-order valence-corrected chi connectivity index (χ3v) is 7.15. The lowest BCUT2D eigenvalue weighted by atomic mass is 9.68. The lowest BCUT2D eigenvalue weighted by Gasteiger charge is -2.32. The first-order valence-electron chi connectivity index (χ1n) is 12.4. The van der Waals surface area contributed by atoms with Gasteiger partial charge in [0.15, 0.2) is 0 Å². The molecule has 0 spiro atoms. The number of rotatable bonds is 7. The SMILES string of the molecule is [C-]#[N+]C(c1ccc(OCC#Cc2ccc(C#N)cc2)cc1)(c1cccc(F)c1)[C@H]1CCC[C@@H]1CC(=O)OC. The van der Waals surface area contributed by atoms with Crippen molar-refractivity contribution in [1.29, 1.82) is 5.26 Å². The van der Waals surface area contributed by atoms with Crippen LogP contribution in [-0.4, -0.2) is 19.7 Å². The minimum absolute atomic E-state index is 0.0479. The highest BCUT2D eigenvalue weighted by Crippen LogP contribution is 2.52. The zero-order valence-electron chi connectivity index (χ0n) is 21.1. The topological polar surface area (TPSA) is 63.7 Å². The van der Waals surface area contributed by atoms with Crippen LogP contribution in [0.4, 0.5) is 4.39 Å². The molecule has 3 aromatic rings. The third-order valence-electron chi connectivity index (χ3n) is 7.15. The van der Waals surface area contributed by atoms with E-state index in [1.165, 1.54) is 19.2 Å². The number of methoxy groups -OCH3 is 1. The maximum atomic E-state index is 14.4. The van der Waals surface area contributed by atoms with E-state index in [4.69, 9.17) is 21.3 Å². The molecule has 3 atom stereocenters. The van der Waals surface area contributed by atoms with Gasteiger partial charge in [0, 0.05) is 29.0 Å². The summed E-state index contributed by atoms with van der Waals surface area (Å²) in [6.07, 6.45) is 2.68. The molecule has 0 N–H and O–H groups in total. The number of carbonyl (C=O) groups excluding carboxylic acids is 1. The molecule has 1 saturated carbocycles. The molecule has 1 aliphatic carbocycles. The van der Waals surface area contributed by atoms with Crippen molar-refractivity contribution in [2.75, 3.05) is 13.7 Å². The van der Waals surface area contributed by atoms with Crippen molar-refractivity contribution in [3.05, 3.63) is 112 Å². The largest absolute Gasteiger partial charge is 0.481 e. The molecule has 190 valence electrons. The second-order valence-electron chi connectivity index (χ2n) is 9.27. The standard InChI is InChI=1S/C32H27FN2O3/c1-35-32(27-8-4-9-28(33)21-27,30-10-3-7-25(30)20-31(36)37-2)26-15-17-29(18-16-26)38-19-5-6-23-11-13-24(22-34)14-12-23/h4,8-9,11-18,21,25,30H,3,7,10,19-20H2,2H3/t25-,30+,32?/m1/s1. The highest BCUT2D eigenvalue weighted by Gasteiger charge is 2.54. The van der Waals surface area contributed by atoms with Crippen molar-refractivity contribution in [1.82, 2.24) is 0 Å². The van der Waals surface area contributed by atoms with E-state index in [1.54, 1.807) is 48.5 Å². The highest BCUT2D eigenvalue weighted by molar-refractivity contribution is 5.69. The van der Waals surface area contributed by atoms with E-state index in [-0.39, 0.29) is 30.8 Å². The Morgan fingerprint density at radius 3 is 2.47 bits per heavy atom. The zero-order valence-corrected chi connectivity index (χ0v) is 21.1. The fourth-order valence-electron chi connectivity index (χ4n) is 5.35. The second kappa shape index (κ2) is 12.1. The predicted molar refractivity (Wildman–Crippen MR) is 141 cm³/mol. The molecule has 4 rings (SSSR count). The van der Waals surface area contributed by atoms with Crippen LogP contribution in [0.25, 0.3) is 4.85 Å². The lowest BCUT2D eigenvalue weighted by Crippen LogP contribution is -2.36. The summed E-state index contributed by atoms with van der Waals surface area (Å²) in [5.41, 5.74) is 1.53. The Hall–Kier alpha value is -4.60. The summed E-state index contributed by atoms with van der Waals surface area (Å²) in [4.78, 5) is 16.3. The number of hydrogen-bond acceptors (Lipinski definition) is 4. The van der Waals surface area contributed by atoms with Crippen LogP contribution in [-0.2, 0) is 15.1 Å². The van der Waals surface area contributed by atoms with Crippen molar-refractivity contribution in [3.8, 4) is 23.7 Å². The first kappa shape index (κ1) is 26.5. The van der Waals surface area contributed by atoms with Crippen LogP contribution in [0.3, 0.4) is 0 Å². The quantitative estimate of drug-likeness (QED) is 0.215. The normalized spacial score (nSPS) is 17.7. The van der Waals surface area contributed by atoms with Gasteiger partial charge in [-0.2, -0.15) is 5.26 Å². The molecular formula is C32H27FN2O3. The molecule has 5 nitrogen and oxygen atoms in total. The van der Waals surface area contributed by atoms with Gasteiger partial charge in [0.25, 0.3) is 5.54 Å². The monoisotopic (exact) mass is 506 g/mol. The van der Waals surface area contributed by atoms with Crippen LogP contribution >= 0.6 is 0 Å². The maximum Gasteiger partial charge on any atom is 0.305 e. The van der Waals surface area contributed by atoms with E-state index < -0.39 is 11.4 Å². The Morgan fingerprint density at radius 1 is 1.08 bits per heavy atom. The van der Waals surface area contributed by atoms with E-state index >= 15 is 0 Å². The number of nitriles is 1. The number of benzene rings is 3. The maximum absolute atomic E-state index is 14.4. The number of carbonyl (C=O) groups is 1. The van der Waals surface area contributed by atoms with Crippen LogP contribution in [0.15, 0.2) is 72.8 Å². The molecule has 38 heavy (non-hydrogen) atoms. The van der Waals surface area contributed by atoms with Gasteiger partial charge < -0.3 is 9.47 Å². The Morgan fingerprint density at radius 2 is 1.82 bits per heavy atom. The van der Waals surface area contributed by atoms with E-state index in [1.807, 2.05) is 12.1 Å². The summed E-state index contributed by atoms with van der Waals surface area (Å²) in [6.45, 7) is 8.52. The summed E-state index contributed by atoms with van der Waals surface area (Å²) in [7, 11) is 1.37. The van der Waals surface area contributed by atoms with Crippen LogP contribution in [0.2, 0.25) is 0 Å². The Bertz CT molecular complexity index is 1430. The molecule has 1 unspecified atom stereocenters. The molecule has 1 fully saturated rings. The number of esters is 1. The van der Waals surface area contributed by atoms with E-state index in [2.05, 4.69) is 22.8 Å². The van der Waals surface area contributed by atoms with Crippen molar-refractivity contribution in [3.63, 3.8) is 0 Å². The fraction of sp³-hybridized carbons (Fsp3) is 0.281. The van der Waals surface area contributed by atoms with Crippen molar-refractivity contribution >= 4 is 5.97 Å². The van der Waals surface area contributed by atoms with Gasteiger partial charge in [-0.05, 0) is 79.4 Å². The van der Waals surface area contributed by atoms with E-state index in [0.717, 1.165) is 30.4 Å². The first-order chi connectivity index (χ1) is 18.5. The molecule has 6 heteroatoms. The molecule has 1 aliphatic rings. The average Bonchev–Trinajstić information content (AvgIpc) is 3.41.